The van der Waals surface area contributed by atoms with Crippen molar-refractivity contribution >= 4 is 11.6 Å². The first-order chi connectivity index (χ1) is 11.1. The van der Waals surface area contributed by atoms with Gasteiger partial charge in [0.05, 0.1) is 0 Å². The SMILES string of the molecule is CCc1ccc(OCC(=O)Nc2ccc(C(C)CC)cc2)cc1. The number of nitrogens with one attached hydrogen (secondary N) is 1. The Morgan fingerprint density at radius 3 is 2.26 bits per heavy atom. The van der Waals surface area contributed by atoms with Crippen molar-refractivity contribution in [2.75, 3.05) is 11.9 Å². The van der Waals surface area contributed by atoms with Crippen LogP contribution in [0.1, 0.15) is 44.2 Å². The highest BCUT2D eigenvalue weighted by Crippen LogP contribution is 2.20. The van der Waals surface area contributed by atoms with Gasteiger partial charge in [0.1, 0.15) is 5.75 Å². The van der Waals surface area contributed by atoms with Gasteiger partial charge in [-0.25, -0.2) is 0 Å². The summed E-state index contributed by atoms with van der Waals surface area (Å²) >= 11 is 0. The van der Waals surface area contributed by atoms with E-state index >= 15 is 0 Å². The van der Waals surface area contributed by atoms with Crippen LogP contribution in [0.15, 0.2) is 48.5 Å². The molecule has 1 unspecified atom stereocenters. The Bertz CT molecular complexity index is 617. The Morgan fingerprint density at radius 1 is 1.04 bits per heavy atom. The molecule has 0 aromatic heterocycles. The van der Waals surface area contributed by atoms with E-state index in [1.54, 1.807) is 0 Å². The van der Waals surface area contributed by atoms with Crippen LogP contribution >= 0.6 is 0 Å². The molecular weight excluding hydrogens is 286 g/mol. The van der Waals surface area contributed by atoms with E-state index in [-0.39, 0.29) is 12.5 Å². The normalized spacial score (nSPS) is 11.8. The molecule has 2 rings (SSSR count). The molecule has 1 amide bonds. The minimum Gasteiger partial charge on any atom is -0.484 e. The Hall–Kier alpha value is -2.29. The maximum Gasteiger partial charge on any atom is 0.262 e. The summed E-state index contributed by atoms with van der Waals surface area (Å²) in [4.78, 5) is 11.9. The molecule has 0 spiro atoms. The molecule has 0 aliphatic carbocycles. The minimum absolute atomic E-state index is 0.0125. The van der Waals surface area contributed by atoms with Crippen molar-refractivity contribution in [3.8, 4) is 5.75 Å². The standard InChI is InChI=1S/C20H25NO2/c1-4-15(3)17-8-10-18(11-9-17)21-20(22)14-23-19-12-6-16(5-2)7-13-19/h6-13,15H,4-5,14H2,1-3H3,(H,21,22). The molecule has 0 saturated heterocycles. The second-order valence-corrected chi connectivity index (χ2v) is 5.77. The van der Waals surface area contributed by atoms with Crippen LogP contribution in [0.2, 0.25) is 0 Å². The van der Waals surface area contributed by atoms with Crippen molar-refractivity contribution in [3.63, 3.8) is 0 Å². The molecule has 1 N–H and O–H groups in total. The Balaban J connectivity index is 1.84. The molecule has 3 heteroatoms. The lowest BCUT2D eigenvalue weighted by molar-refractivity contribution is -0.118. The molecule has 0 heterocycles. The second-order valence-electron chi connectivity index (χ2n) is 5.77. The summed E-state index contributed by atoms with van der Waals surface area (Å²) in [6, 6.07) is 15.8. The molecule has 23 heavy (non-hydrogen) atoms. The highest BCUT2D eigenvalue weighted by atomic mass is 16.5. The summed E-state index contributed by atoms with van der Waals surface area (Å²) in [5.41, 5.74) is 3.34. The topological polar surface area (TPSA) is 38.3 Å². The van der Waals surface area contributed by atoms with E-state index in [0.717, 1.165) is 18.5 Å². The van der Waals surface area contributed by atoms with E-state index in [1.807, 2.05) is 36.4 Å². The molecule has 1 atom stereocenters. The quantitative estimate of drug-likeness (QED) is 0.799. The average molecular weight is 311 g/mol. The van der Waals surface area contributed by atoms with Crippen LogP contribution in [0, 0.1) is 0 Å². The molecule has 0 saturated carbocycles. The third-order valence-corrected chi connectivity index (χ3v) is 4.08. The van der Waals surface area contributed by atoms with Crippen LogP contribution in [0.4, 0.5) is 5.69 Å². The van der Waals surface area contributed by atoms with Gasteiger partial charge in [0.15, 0.2) is 6.61 Å². The van der Waals surface area contributed by atoms with Gasteiger partial charge < -0.3 is 10.1 Å². The predicted molar refractivity (Wildman–Crippen MR) is 95.1 cm³/mol. The van der Waals surface area contributed by atoms with Gasteiger partial charge in [-0.3, -0.25) is 4.79 Å². The summed E-state index contributed by atoms with van der Waals surface area (Å²) in [6.07, 6.45) is 2.10. The summed E-state index contributed by atoms with van der Waals surface area (Å²) < 4.78 is 5.51. The maximum atomic E-state index is 11.9. The number of amides is 1. The molecular formula is C20H25NO2. The minimum atomic E-state index is -0.152. The number of hydrogen-bond donors (Lipinski definition) is 1. The van der Waals surface area contributed by atoms with Crippen molar-refractivity contribution < 1.29 is 9.53 Å². The fraction of sp³-hybridized carbons (Fsp3) is 0.350. The van der Waals surface area contributed by atoms with Crippen molar-refractivity contribution in [1.82, 2.24) is 0 Å². The number of benzene rings is 2. The maximum absolute atomic E-state index is 11.9. The van der Waals surface area contributed by atoms with Gasteiger partial charge in [-0.2, -0.15) is 0 Å². The van der Waals surface area contributed by atoms with Crippen LogP contribution in [0.25, 0.3) is 0 Å². The number of aryl methyl sites for hydroxylation is 1. The van der Waals surface area contributed by atoms with E-state index in [1.165, 1.54) is 11.1 Å². The summed E-state index contributed by atoms with van der Waals surface area (Å²) in [5, 5.41) is 2.85. The lowest BCUT2D eigenvalue weighted by Gasteiger charge is -2.11. The fourth-order valence-corrected chi connectivity index (χ4v) is 2.30. The Kier molecular flexibility index (Phi) is 6.21. The number of hydrogen-bond acceptors (Lipinski definition) is 2. The van der Waals surface area contributed by atoms with Crippen LogP contribution in [0.5, 0.6) is 5.75 Å². The molecule has 0 bridgehead atoms. The van der Waals surface area contributed by atoms with Crippen molar-refractivity contribution in [2.24, 2.45) is 0 Å². The van der Waals surface area contributed by atoms with Crippen molar-refractivity contribution in [3.05, 3.63) is 59.7 Å². The van der Waals surface area contributed by atoms with Gasteiger partial charge in [0.2, 0.25) is 0 Å². The van der Waals surface area contributed by atoms with Crippen molar-refractivity contribution in [1.29, 1.82) is 0 Å². The van der Waals surface area contributed by atoms with Gasteiger partial charge in [0.25, 0.3) is 5.91 Å². The molecule has 122 valence electrons. The summed E-state index contributed by atoms with van der Waals surface area (Å²) in [5.74, 6) is 1.10. The van der Waals surface area contributed by atoms with E-state index in [2.05, 4.69) is 38.2 Å². The predicted octanol–water partition coefficient (Wildman–Crippen LogP) is 4.78. The van der Waals surface area contributed by atoms with E-state index in [0.29, 0.717) is 11.7 Å². The highest BCUT2D eigenvalue weighted by Gasteiger charge is 2.06. The Morgan fingerprint density at radius 2 is 1.70 bits per heavy atom. The average Bonchev–Trinajstić information content (AvgIpc) is 2.60. The van der Waals surface area contributed by atoms with Gasteiger partial charge in [0, 0.05) is 5.69 Å². The zero-order valence-corrected chi connectivity index (χ0v) is 14.1. The van der Waals surface area contributed by atoms with E-state index in [4.69, 9.17) is 4.74 Å². The molecule has 2 aromatic rings. The van der Waals surface area contributed by atoms with Gasteiger partial charge >= 0.3 is 0 Å². The molecule has 3 nitrogen and oxygen atoms in total. The zero-order valence-electron chi connectivity index (χ0n) is 14.1. The molecule has 0 aliphatic heterocycles. The van der Waals surface area contributed by atoms with E-state index in [9.17, 15) is 4.79 Å². The number of carbonyl (C=O) groups excluding carboxylic acids is 1. The van der Waals surface area contributed by atoms with E-state index < -0.39 is 0 Å². The fourth-order valence-electron chi connectivity index (χ4n) is 2.30. The zero-order chi connectivity index (χ0) is 16.7. The summed E-state index contributed by atoms with van der Waals surface area (Å²) in [6.45, 7) is 6.49. The summed E-state index contributed by atoms with van der Waals surface area (Å²) in [7, 11) is 0. The van der Waals surface area contributed by atoms with Crippen LogP contribution in [0.3, 0.4) is 0 Å². The number of anilines is 1. The third-order valence-electron chi connectivity index (χ3n) is 4.08. The first-order valence-electron chi connectivity index (χ1n) is 8.24. The van der Waals surface area contributed by atoms with Crippen LogP contribution in [-0.2, 0) is 11.2 Å². The van der Waals surface area contributed by atoms with Gasteiger partial charge in [-0.05, 0) is 54.2 Å². The first kappa shape index (κ1) is 17.1. The second kappa shape index (κ2) is 8.37. The molecule has 0 fully saturated rings. The third kappa shape index (κ3) is 5.13. The monoisotopic (exact) mass is 311 g/mol. The van der Waals surface area contributed by atoms with Crippen molar-refractivity contribution in [2.45, 2.75) is 39.5 Å². The lowest BCUT2D eigenvalue weighted by atomic mass is 9.99. The first-order valence-corrected chi connectivity index (χ1v) is 8.24. The van der Waals surface area contributed by atoms with Crippen LogP contribution < -0.4 is 10.1 Å². The molecule has 2 aromatic carbocycles. The largest absolute Gasteiger partial charge is 0.484 e. The molecule has 0 aliphatic rings. The Labute approximate surface area is 138 Å². The molecule has 0 radical (unpaired) electrons. The lowest BCUT2D eigenvalue weighted by Crippen LogP contribution is -2.20. The number of rotatable bonds is 7. The van der Waals surface area contributed by atoms with Gasteiger partial charge in [-0.1, -0.05) is 45.0 Å². The number of ether oxygens (including phenoxy) is 1. The smallest absolute Gasteiger partial charge is 0.262 e. The van der Waals surface area contributed by atoms with Gasteiger partial charge in [-0.15, -0.1) is 0 Å². The van der Waals surface area contributed by atoms with Crippen LogP contribution in [-0.4, -0.2) is 12.5 Å². The number of carbonyl (C=O) groups is 1. The highest BCUT2D eigenvalue weighted by molar-refractivity contribution is 5.91.